The number of ether oxygens (including phenoxy) is 1. The summed E-state index contributed by atoms with van der Waals surface area (Å²) in [5.74, 6) is -1.18. The molecule has 0 spiro atoms. The second-order valence-corrected chi connectivity index (χ2v) is 8.15. The number of carbonyl (C=O) groups is 3. The van der Waals surface area contributed by atoms with E-state index in [1.807, 2.05) is 55.6 Å². The van der Waals surface area contributed by atoms with Crippen molar-refractivity contribution in [3.8, 4) is 0 Å². The fourth-order valence-corrected chi connectivity index (χ4v) is 3.71. The molecule has 2 rings (SSSR count). The van der Waals surface area contributed by atoms with Crippen molar-refractivity contribution < 1.29 is 19.1 Å². The molecule has 5 nitrogen and oxygen atoms in total. The van der Waals surface area contributed by atoms with Crippen molar-refractivity contribution in [2.75, 3.05) is 7.11 Å². The van der Waals surface area contributed by atoms with Crippen LogP contribution < -0.4 is 5.32 Å². The van der Waals surface area contributed by atoms with Crippen LogP contribution in [0.4, 0.5) is 0 Å². The van der Waals surface area contributed by atoms with E-state index in [0.29, 0.717) is 17.7 Å². The molecule has 1 aromatic carbocycles. The van der Waals surface area contributed by atoms with Crippen LogP contribution in [0.5, 0.6) is 0 Å². The van der Waals surface area contributed by atoms with Gasteiger partial charge in [-0.15, -0.1) is 11.3 Å². The molecule has 0 bridgehead atoms. The molecule has 2 aromatic rings. The number of hydrogen-bond acceptors (Lipinski definition) is 5. The molecular formula is C22H27NO4S. The number of nitrogens with one attached hydrogen (secondary N) is 1. The van der Waals surface area contributed by atoms with Gasteiger partial charge in [0.1, 0.15) is 6.04 Å². The Balaban J connectivity index is 2.17. The van der Waals surface area contributed by atoms with E-state index in [4.69, 9.17) is 4.74 Å². The molecule has 0 saturated carbocycles. The summed E-state index contributed by atoms with van der Waals surface area (Å²) in [5.41, 5.74) is 0.972. The van der Waals surface area contributed by atoms with Gasteiger partial charge < -0.3 is 10.1 Å². The number of thiophene rings is 1. The van der Waals surface area contributed by atoms with Crippen molar-refractivity contribution >= 4 is 29.0 Å². The monoisotopic (exact) mass is 401 g/mol. The standard InChI is InChI=1S/C22H27NO4S/c1-15(2)12-18(22(26)27-3)23-21(25)17(13-16-8-5-4-6-9-16)14-19(24)20-10-7-11-28-20/h4-11,15,17-18H,12-14H2,1-3H3,(H,23,25)/t17-,18+/m1/s1. The van der Waals surface area contributed by atoms with Crippen LogP contribution in [0.2, 0.25) is 0 Å². The maximum atomic E-state index is 13.0. The Kier molecular flexibility index (Phi) is 8.39. The fourth-order valence-electron chi connectivity index (χ4n) is 3.04. The molecule has 0 aliphatic heterocycles. The van der Waals surface area contributed by atoms with E-state index in [2.05, 4.69) is 5.32 Å². The van der Waals surface area contributed by atoms with Gasteiger partial charge in [0.2, 0.25) is 5.91 Å². The van der Waals surface area contributed by atoms with Crippen LogP contribution in [0.1, 0.15) is 41.9 Å². The lowest BCUT2D eigenvalue weighted by Gasteiger charge is -2.22. The number of ketones is 1. The third-order valence-electron chi connectivity index (χ3n) is 4.43. The van der Waals surface area contributed by atoms with Crippen LogP contribution in [0, 0.1) is 11.8 Å². The third kappa shape index (κ3) is 6.60. The zero-order valence-electron chi connectivity index (χ0n) is 16.5. The predicted molar refractivity (Wildman–Crippen MR) is 110 cm³/mol. The molecular weight excluding hydrogens is 374 g/mol. The minimum Gasteiger partial charge on any atom is -0.467 e. The number of methoxy groups -OCH3 is 1. The summed E-state index contributed by atoms with van der Waals surface area (Å²) in [6, 6.07) is 12.4. The van der Waals surface area contributed by atoms with E-state index >= 15 is 0 Å². The molecule has 0 aliphatic rings. The molecule has 0 unspecified atom stereocenters. The minimum absolute atomic E-state index is 0.0652. The average Bonchev–Trinajstić information content (AvgIpc) is 3.21. The quantitative estimate of drug-likeness (QED) is 0.484. The summed E-state index contributed by atoms with van der Waals surface area (Å²) in [5, 5.41) is 4.65. The van der Waals surface area contributed by atoms with E-state index in [0.717, 1.165) is 5.56 Å². The summed E-state index contributed by atoms with van der Waals surface area (Å²) in [6.07, 6.45) is 1.01. The van der Waals surface area contributed by atoms with Gasteiger partial charge in [-0.2, -0.15) is 0 Å². The Morgan fingerprint density at radius 1 is 1.07 bits per heavy atom. The van der Waals surface area contributed by atoms with Crippen LogP contribution in [0.15, 0.2) is 47.8 Å². The maximum Gasteiger partial charge on any atom is 0.328 e. The van der Waals surface area contributed by atoms with Crippen molar-refractivity contribution in [3.05, 3.63) is 58.3 Å². The van der Waals surface area contributed by atoms with E-state index in [1.54, 1.807) is 6.07 Å². The Bertz CT molecular complexity index is 771. The second kappa shape index (κ2) is 10.8. The first-order chi connectivity index (χ1) is 13.4. The van der Waals surface area contributed by atoms with Crippen LogP contribution in [0.25, 0.3) is 0 Å². The van der Waals surface area contributed by atoms with Gasteiger partial charge in [0.05, 0.1) is 12.0 Å². The number of amides is 1. The first-order valence-electron chi connectivity index (χ1n) is 9.39. The lowest BCUT2D eigenvalue weighted by atomic mass is 9.92. The lowest BCUT2D eigenvalue weighted by molar-refractivity contribution is -0.146. The summed E-state index contributed by atoms with van der Waals surface area (Å²) >= 11 is 1.37. The zero-order chi connectivity index (χ0) is 20.5. The summed E-state index contributed by atoms with van der Waals surface area (Å²) in [7, 11) is 1.31. The molecule has 150 valence electrons. The molecule has 1 N–H and O–H groups in total. The highest BCUT2D eigenvalue weighted by atomic mass is 32.1. The number of benzene rings is 1. The molecule has 1 amide bonds. The van der Waals surface area contributed by atoms with Gasteiger partial charge in [-0.1, -0.05) is 50.2 Å². The third-order valence-corrected chi connectivity index (χ3v) is 5.34. The predicted octanol–water partition coefficient (Wildman–Crippen LogP) is 3.88. The highest BCUT2D eigenvalue weighted by Crippen LogP contribution is 2.19. The molecule has 1 heterocycles. The maximum absolute atomic E-state index is 13.0. The molecule has 0 radical (unpaired) electrons. The van der Waals surface area contributed by atoms with Crippen LogP contribution in [-0.2, 0) is 20.7 Å². The number of rotatable bonds is 10. The number of esters is 1. The zero-order valence-corrected chi connectivity index (χ0v) is 17.3. The Hall–Kier alpha value is -2.47. The lowest BCUT2D eigenvalue weighted by Crippen LogP contribution is -2.45. The van der Waals surface area contributed by atoms with Gasteiger partial charge in [0, 0.05) is 12.3 Å². The van der Waals surface area contributed by atoms with Crippen molar-refractivity contribution in [3.63, 3.8) is 0 Å². The summed E-state index contributed by atoms with van der Waals surface area (Å²) in [4.78, 5) is 38.3. The van der Waals surface area contributed by atoms with E-state index in [1.165, 1.54) is 18.4 Å². The molecule has 0 saturated heterocycles. The Morgan fingerprint density at radius 3 is 2.36 bits per heavy atom. The van der Waals surface area contributed by atoms with Crippen molar-refractivity contribution in [2.45, 2.75) is 39.2 Å². The normalized spacial score (nSPS) is 13.0. The highest BCUT2D eigenvalue weighted by Gasteiger charge is 2.29. The van der Waals surface area contributed by atoms with Crippen molar-refractivity contribution in [1.29, 1.82) is 0 Å². The van der Waals surface area contributed by atoms with E-state index < -0.39 is 17.9 Å². The van der Waals surface area contributed by atoms with Crippen molar-refractivity contribution in [2.24, 2.45) is 11.8 Å². The van der Waals surface area contributed by atoms with Crippen LogP contribution >= 0.6 is 11.3 Å². The van der Waals surface area contributed by atoms with Gasteiger partial charge in [0.25, 0.3) is 0 Å². The number of Topliss-reactive ketones (excluding diaryl/α,β-unsaturated/α-hetero) is 1. The average molecular weight is 402 g/mol. The Labute approximate surface area is 170 Å². The van der Waals surface area contributed by atoms with Gasteiger partial charge >= 0.3 is 5.97 Å². The molecule has 0 aliphatic carbocycles. The van der Waals surface area contributed by atoms with E-state index in [-0.39, 0.29) is 24.0 Å². The summed E-state index contributed by atoms with van der Waals surface area (Å²) in [6.45, 7) is 3.95. The Morgan fingerprint density at radius 2 is 1.79 bits per heavy atom. The first-order valence-corrected chi connectivity index (χ1v) is 10.3. The van der Waals surface area contributed by atoms with Gasteiger partial charge in [0.15, 0.2) is 5.78 Å². The molecule has 1 aromatic heterocycles. The molecule has 2 atom stereocenters. The molecule has 0 fully saturated rings. The topological polar surface area (TPSA) is 72.5 Å². The van der Waals surface area contributed by atoms with Gasteiger partial charge in [-0.3, -0.25) is 9.59 Å². The van der Waals surface area contributed by atoms with Crippen molar-refractivity contribution in [1.82, 2.24) is 5.32 Å². The number of hydrogen-bond donors (Lipinski definition) is 1. The molecule has 28 heavy (non-hydrogen) atoms. The molecule has 6 heteroatoms. The fraction of sp³-hybridized carbons (Fsp3) is 0.409. The van der Waals surface area contributed by atoms with Gasteiger partial charge in [-0.05, 0) is 35.8 Å². The van der Waals surface area contributed by atoms with Gasteiger partial charge in [-0.25, -0.2) is 4.79 Å². The van der Waals surface area contributed by atoms with Crippen LogP contribution in [0.3, 0.4) is 0 Å². The van der Waals surface area contributed by atoms with Crippen LogP contribution in [-0.4, -0.2) is 30.8 Å². The van der Waals surface area contributed by atoms with E-state index in [9.17, 15) is 14.4 Å². The minimum atomic E-state index is -0.715. The second-order valence-electron chi connectivity index (χ2n) is 7.21. The summed E-state index contributed by atoms with van der Waals surface area (Å²) < 4.78 is 4.83. The SMILES string of the molecule is COC(=O)[C@H](CC(C)C)NC(=O)[C@@H](CC(=O)c1cccs1)Cc1ccccc1. The number of carbonyl (C=O) groups excluding carboxylic acids is 3. The highest BCUT2D eigenvalue weighted by molar-refractivity contribution is 7.12. The first kappa shape index (κ1) is 21.8. The smallest absolute Gasteiger partial charge is 0.328 e. The largest absolute Gasteiger partial charge is 0.467 e.